The van der Waals surface area contributed by atoms with Crippen molar-refractivity contribution >= 4 is 28.6 Å². The average Bonchev–Trinajstić information content (AvgIpc) is 3.24. The van der Waals surface area contributed by atoms with Crippen molar-refractivity contribution < 1.29 is 9.00 Å². The first-order valence-corrected chi connectivity index (χ1v) is 11.5. The summed E-state index contributed by atoms with van der Waals surface area (Å²) in [5, 5.41) is 4.37. The van der Waals surface area contributed by atoms with Crippen LogP contribution in [0.5, 0.6) is 0 Å². The summed E-state index contributed by atoms with van der Waals surface area (Å²) in [5.41, 5.74) is 11.3. The van der Waals surface area contributed by atoms with E-state index in [1.807, 2.05) is 24.3 Å². The number of hydrogen-bond donors (Lipinski definition) is 1. The van der Waals surface area contributed by atoms with E-state index in [1.54, 1.807) is 24.8 Å². The fourth-order valence-corrected chi connectivity index (χ4v) is 5.29. The Labute approximate surface area is 181 Å². The molecule has 0 radical (unpaired) electrons. The van der Waals surface area contributed by atoms with Gasteiger partial charge in [-0.2, -0.15) is 9.61 Å². The van der Waals surface area contributed by atoms with Crippen molar-refractivity contribution in [1.29, 1.82) is 0 Å². The number of nitrogens with two attached hydrogens (primary N) is 1. The van der Waals surface area contributed by atoms with Gasteiger partial charge in [-0.3, -0.25) is 19.0 Å². The van der Waals surface area contributed by atoms with Crippen LogP contribution >= 0.6 is 0 Å². The van der Waals surface area contributed by atoms with Crippen LogP contribution in [-0.4, -0.2) is 46.6 Å². The third-order valence-corrected chi connectivity index (χ3v) is 7.06. The zero-order valence-electron chi connectivity index (χ0n) is 16.6. The van der Waals surface area contributed by atoms with Crippen LogP contribution in [0.1, 0.15) is 34.8 Å². The van der Waals surface area contributed by atoms with E-state index in [0.717, 1.165) is 41.5 Å². The maximum Gasteiger partial charge on any atom is 0.165 e. The second-order valence-corrected chi connectivity index (χ2v) is 9.20. The van der Waals surface area contributed by atoms with E-state index in [1.165, 1.54) is 4.52 Å². The largest absolute Gasteiger partial charge is 0.383 e. The normalized spacial score (nSPS) is 18.8. The Hall–Kier alpha value is -3.46. The van der Waals surface area contributed by atoms with E-state index >= 15 is 0 Å². The minimum absolute atomic E-state index is 0.0547. The third kappa shape index (κ3) is 3.50. The number of rotatable bonds is 4. The van der Waals surface area contributed by atoms with Gasteiger partial charge in [0.15, 0.2) is 11.9 Å². The molecule has 1 aliphatic heterocycles. The second kappa shape index (κ2) is 7.99. The van der Waals surface area contributed by atoms with Gasteiger partial charge in [0.25, 0.3) is 0 Å². The highest BCUT2D eigenvalue weighted by molar-refractivity contribution is 7.85. The van der Waals surface area contributed by atoms with Crippen LogP contribution < -0.4 is 5.73 Å². The number of carbonyl (C=O) groups excluding carboxylic acids is 1. The smallest absolute Gasteiger partial charge is 0.165 e. The van der Waals surface area contributed by atoms with E-state index in [9.17, 15) is 9.00 Å². The van der Waals surface area contributed by atoms with Crippen LogP contribution in [0, 0.1) is 0 Å². The Bertz CT molecular complexity index is 1280. The van der Waals surface area contributed by atoms with Gasteiger partial charge in [0.1, 0.15) is 5.82 Å². The van der Waals surface area contributed by atoms with Gasteiger partial charge in [0.2, 0.25) is 0 Å². The number of pyridine rings is 2. The van der Waals surface area contributed by atoms with Crippen molar-refractivity contribution in [2.75, 3.05) is 17.2 Å². The summed E-state index contributed by atoms with van der Waals surface area (Å²) >= 11 is 0. The molecule has 0 aromatic carbocycles. The topological polar surface area (TPSA) is 116 Å². The van der Waals surface area contributed by atoms with Crippen molar-refractivity contribution in [3.05, 3.63) is 60.3 Å². The minimum atomic E-state index is -0.798. The van der Waals surface area contributed by atoms with Gasteiger partial charge in [-0.05, 0) is 31.0 Å². The molecule has 0 bridgehead atoms. The van der Waals surface area contributed by atoms with E-state index < -0.39 is 10.8 Å². The molecule has 1 fully saturated rings. The summed E-state index contributed by atoms with van der Waals surface area (Å²) in [6.45, 7) is 0. The molecule has 2 N–H and O–H groups in total. The molecule has 4 aromatic heterocycles. The molecule has 0 amide bonds. The second-order valence-electron chi connectivity index (χ2n) is 7.50. The summed E-state index contributed by atoms with van der Waals surface area (Å²) in [7, 11) is -0.798. The molecule has 0 spiro atoms. The van der Waals surface area contributed by atoms with Gasteiger partial charge >= 0.3 is 0 Å². The Balaban J connectivity index is 1.58. The van der Waals surface area contributed by atoms with Crippen LogP contribution in [0.4, 0.5) is 5.82 Å². The average molecular weight is 433 g/mol. The van der Waals surface area contributed by atoms with Gasteiger partial charge < -0.3 is 5.73 Å². The number of nitrogens with zero attached hydrogens (tertiary/aromatic N) is 5. The van der Waals surface area contributed by atoms with E-state index in [4.69, 9.17) is 10.7 Å². The van der Waals surface area contributed by atoms with E-state index in [-0.39, 0.29) is 11.7 Å². The minimum Gasteiger partial charge on any atom is -0.383 e. The summed E-state index contributed by atoms with van der Waals surface area (Å²) in [6.07, 6.45) is 9.14. The molecule has 5 rings (SSSR count). The monoisotopic (exact) mass is 432 g/mol. The van der Waals surface area contributed by atoms with Gasteiger partial charge in [0.05, 0.1) is 23.1 Å². The van der Waals surface area contributed by atoms with Gasteiger partial charge in [-0.15, -0.1) is 0 Å². The van der Waals surface area contributed by atoms with Crippen molar-refractivity contribution in [3.63, 3.8) is 0 Å². The molecule has 156 valence electrons. The number of fused-ring (bicyclic) bond motifs is 1. The maximum atomic E-state index is 11.8. The fraction of sp³-hybridized carbons (Fsp3) is 0.227. The number of aromatic nitrogens is 5. The molecule has 4 aromatic rings. The Kier molecular flexibility index (Phi) is 5.03. The maximum absolute atomic E-state index is 11.8. The van der Waals surface area contributed by atoms with Crippen LogP contribution in [0.25, 0.3) is 28.0 Å². The molecule has 0 saturated carbocycles. The predicted molar refractivity (Wildman–Crippen MR) is 119 cm³/mol. The molecule has 0 atom stereocenters. The number of nitrogen functional groups attached to an aromatic ring is 1. The fourth-order valence-electron chi connectivity index (χ4n) is 3.99. The van der Waals surface area contributed by atoms with Crippen molar-refractivity contribution in [3.8, 4) is 22.4 Å². The summed E-state index contributed by atoms with van der Waals surface area (Å²) in [5.74, 6) is 1.55. The SMILES string of the molecule is Nc1c(C=O)c(C2CCS(=O)CC2)nc2c(-c3ccc(-c4cccnc4)nc3)cnn12. The molecule has 1 saturated heterocycles. The van der Waals surface area contributed by atoms with Crippen molar-refractivity contribution in [1.82, 2.24) is 24.6 Å². The molecular weight excluding hydrogens is 412 g/mol. The highest BCUT2D eigenvalue weighted by Crippen LogP contribution is 2.33. The molecule has 5 heterocycles. The molecule has 0 aliphatic carbocycles. The highest BCUT2D eigenvalue weighted by atomic mass is 32.2. The standard InChI is InChI=1S/C22H20N6O2S/c23-21-18(13-29)20(14-5-8-31(30)9-6-14)27-22-17(12-26-28(21)22)15-3-4-19(25-11-15)16-2-1-7-24-10-16/h1-4,7,10-14H,5-6,8-9,23H2. The van der Waals surface area contributed by atoms with Crippen LogP contribution in [0.2, 0.25) is 0 Å². The predicted octanol–water partition coefficient (Wildman–Crippen LogP) is 2.87. The lowest BCUT2D eigenvalue weighted by molar-refractivity contribution is 0.112. The Morgan fingerprint density at radius 1 is 1.10 bits per heavy atom. The quantitative estimate of drug-likeness (QED) is 0.493. The van der Waals surface area contributed by atoms with Crippen molar-refractivity contribution in [2.45, 2.75) is 18.8 Å². The van der Waals surface area contributed by atoms with Gasteiger partial charge in [0, 0.05) is 63.5 Å². The molecule has 9 heteroatoms. The lowest BCUT2D eigenvalue weighted by Gasteiger charge is -2.22. The number of anilines is 1. The molecule has 8 nitrogen and oxygen atoms in total. The first kappa shape index (κ1) is 19.5. The molecule has 1 aliphatic rings. The van der Waals surface area contributed by atoms with Crippen LogP contribution in [-0.2, 0) is 10.8 Å². The Morgan fingerprint density at radius 2 is 1.94 bits per heavy atom. The Morgan fingerprint density at radius 3 is 2.61 bits per heavy atom. The lowest BCUT2D eigenvalue weighted by Crippen LogP contribution is -2.20. The number of carbonyl (C=O) groups is 1. The summed E-state index contributed by atoms with van der Waals surface area (Å²) in [4.78, 5) is 25.3. The van der Waals surface area contributed by atoms with Crippen LogP contribution in [0.15, 0.2) is 49.1 Å². The molecule has 0 unspecified atom stereocenters. The molecular formula is C22H20N6O2S. The van der Waals surface area contributed by atoms with Gasteiger partial charge in [-0.1, -0.05) is 6.07 Å². The zero-order valence-corrected chi connectivity index (χ0v) is 17.5. The van der Waals surface area contributed by atoms with E-state index in [0.29, 0.717) is 28.4 Å². The molecule has 31 heavy (non-hydrogen) atoms. The third-order valence-electron chi connectivity index (χ3n) is 5.67. The lowest BCUT2D eigenvalue weighted by atomic mass is 9.95. The summed E-state index contributed by atoms with van der Waals surface area (Å²) in [6, 6.07) is 7.71. The number of hydrogen-bond acceptors (Lipinski definition) is 7. The number of aldehydes is 1. The highest BCUT2D eigenvalue weighted by Gasteiger charge is 2.26. The summed E-state index contributed by atoms with van der Waals surface area (Å²) < 4.78 is 13.3. The zero-order chi connectivity index (χ0) is 21.4. The van der Waals surface area contributed by atoms with Gasteiger partial charge in [-0.25, -0.2) is 4.98 Å². The first-order valence-electron chi connectivity index (χ1n) is 10.00. The van der Waals surface area contributed by atoms with Crippen LogP contribution in [0.3, 0.4) is 0 Å². The van der Waals surface area contributed by atoms with Crippen molar-refractivity contribution in [2.24, 2.45) is 0 Å². The van der Waals surface area contributed by atoms with E-state index in [2.05, 4.69) is 15.1 Å². The first-order chi connectivity index (χ1) is 15.2.